The molecule has 0 aliphatic heterocycles. The zero-order valence-electron chi connectivity index (χ0n) is 9.90. The lowest BCUT2D eigenvalue weighted by Gasteiger charge is -2.44. The second-order valence-corrected chi connectivity index (χ2v) is 5.45. The fourth-order valence-corrected chi connectivity index (χ4v) is 2.51. The highest BCUT2D eigenvalue weighted by Gasteiger charge is 2.36. The Morgan fingerprint density at radius 2 is 1.71 bits per heavy atom. The largest absolute Gasteiger partial charge is 0.396 e. The third-order valence-corrected chi connectivity index (χ3v) is 3.70. The van der Waals surface area contributed by atoms with E-state index in [4.69, 9.17) is 5.11 Å². The van der Waals surface area contributed by atoms with Gasteiger partial charge in [0.25, 0.3) is 0 Å². The minimum Gasteiger partial charge on any atom is -0.396 e. The highest BCUT2D eigenvalue weighted by Crippen LogP contribution is 2.41. The van der Waals surface area contributed by atoms with Crippen molar-refractivity contribution in [2.45, 2.75) is 58.4 Å². The van der Waals surface area contributed by atoms with Gasteiger partial charge in [-0.1, -0.05) is 20.8 Å². The van der Waals surface area contributed by atoms with Crippen LogP contribution in [0, 0.1) is 5.41 Å². The van der Waals surface area contributed by atoms with Gasteiger partial charge in [0.2, 0.25) is 0 Å². The summed E-state index contributed by atoms with van der Waals surface area (Å²) in [4.78, 5) is 0. The lowest BCUT2D eigenvalue weighted by atomic mass is 9.68. The van der Waals surface area contributed by atoms with Gasteiger partial charge in [-0.05, 0) is 44.1 Å². The summed E-state index contributed by atoms with van der Waals surface area (Å²) in [7, 11) is 0. The van der Waals surface area contributed by atoms with E-state index in [0.717, 1.165) is 13.0 Å². The van der Waals surface area contributed by atoms with E-state index in [1.807, 2.05) is 0 Å². The topological polar surface area (TPSA) is 32.3 Å². The van der Waals surface area contributed by atoms with Gasteiger partial charge in [0.15, 0.2) is 0 Å². The molecule has 0 aromatic carbocycles. The van der Waals surface area contributed by atoms with Crippen molar-refractivity contribution in [2.24, 2.45) is 5.41 Å². The number of nitrogens with one attached hydrogen (secondary N) is 1. The average Bonchev–Trinajstić information content (AvgIpc) is 2.12. The molecule has 0 spiro atoms. The van der Waals surface area contributed by atoms with E-state index in [-0.39, 0.29) is 5.54 Å². The first kappa shape index (κ1) is 12.0. The molecule has 1 aliphatic rings. The van der Waals surface area contributed by atoms with E-state index in [1.165, 1.54) is 25.7 Å². The molecule has 0 amide bonds. The molecule has 0 bridgehead atoms. The van der Waals surface area contributed by atoms with E-state index >= 15 is 0 Å². The summed E-state index contributed by atoms with van der Waals surface area (Å²) in [6.07, 6.45) is 5.90. The minimum atomic E-state index is 0.235. The van der Waals surface area contributed by atoms with Crippen molar-refractivity contribution in [3.63, 3.8) is 0 Å². The summed E-state index contributed by atoms with van der Waals surface area (Å²) in [6, 6.07) is 0. The van der Waals surface area contributed by atoms with Crippen LogP contribution >= 0.6 is 0 Å². The molecule has 0 atom stereocenters. The standard InChI is InChI=1S/C12H25NO/c1-4-13-12(9-10-14)7-5-11(2,3)6-8-12/h13-14H,4-10H2,1-3H3. The monoisotopic (exact) mass is 199 g/mol. The fraction of sp³-hybridized carbons (Fsp3) is 1.00. The zero-order valence-corrected chi connectivity index (χ0v) is 9.90. The smallest absolute Gasteiger partial charge is 0.0448 e. The van der Waals surface area contributed by atoms with Crippen LogP contribution in [0.5, 0.6) is 0 Å². The van der Waals surface area contributed by atoms with Crippen molar-refractivity contribution >= 4 is 0 Å². The lowest BCUT2D eigenvalue weighted by molar-refractivity contribution is 0.108. The fourth-order valence-electron chi connectivity index (χ4n) is 2.51. The Morgan fingerprint density at radius 3 is 2.14 bits per heavy atom. The maximum atomic E-state index is 9.10. The van der Waals surface area contributed by atoms with Crippen LogP contribution in [-0.4, -0.2) is 23.8 Å². The molecule has 0 saturated heterocycles. The molecule has 1 fully saturated rings. The maximum Gasteiger partial charge on any atom is 0.0448 e. The maximum absolute atomic E-state index is 9.10. The first-order valence-corrected chi connectivity index (χ1v) is 5.89. The molecule has 0 heterocycles. The van der Waals surface area contributed by atoms with Crippen LogP contribution in [0.2, 0.25) is 0 Å². The Labute approximate surface area is 88.1 Å². The van der Waals surface area contributed by atoms with Crippen molar-refractivity contribution < 1.29 is 5.11 Å². The van der Waals surface area contributed by atoms with E-state index in [1.54, 1.807) is 0 Å². The second-order valence-electron chi connectivity index (χ2n) is 5.45. The molecule has 0 aromatic rings. The van der Waals surface area contributed by atoms with Gasteiger partial charge in [-0.25, -0.2) is 0 Å². The van der Waals surface area contributed by atoms with Gasteiger partial charge in [0, 0.05) is 12.1 Å². The molecular formula is C12H25NO. The van der Waals surface area contributed by atoms with Crippen LogP contribution < -0.4 is 5.32 Å². The first-order valence-electron chi connectivity index (χ1n) is 5.89. The molecule has 1 aliphatic carbocycles. The van der Waals surface area contributed by atoms with Gasteiger partial charge in [0.1, 0.15) is 0 Å². The van der Waals surface area contributed by atoms with Crippen molar-refractivity contribution in [1.29, 1.82) is 0 Å². The molecule has 1 rings (SSSR count). The Morgan fingerprint density at radius 1 is 1.14 bits per heavy atom. The van der Waals surface area contributed by atoms with Crippen LogP contribution in [0.4, 0.5) is 0 Å². The molecule has 84 valence electrons. The van der Waals surface area contributed by atoms with Crippen molar-refractivity contribution in [1.82, 2.24) is 5.32 Å². The Hall–Kier alpha value is -0.0800. The third kappa shape index (κ3) is 2.96. The highest BCUT2D eigenvalue weighted by atomic mass is 16.3. The summed E-state index contributed by atoms with van der Waals surface area (Å²) in [5.41, 5.74) is 0.743. The summed E-state index contributed by atoms with van der Waals surface area (Å²) in [5.74, 6) is 0. The number of aliphatic hydroxyl groups excluding tert-OH is 1. The summed E-state index contributed by atoms with van der Waals surface area (Å²) in [5, 5.41) is 12.7. The van der Waals surface area contributed by atoms with Gasteiger partial charge in [-0.3, -0.25) is 0 Å². The minimum absolute atomic E-state index is 0.235. The quantitative estimate of drug-likeness (QED) is 0.728. The first-order chi connectivity index (χ1) is 6.54. The molecule has 2 heteroatoms. The van der Waals surface area contributed by atoms with Crippen molar-refractivity contribution in [3.8, 4) is 0 Å². The Kier molecular flexibility index (Phi) is 3.96. The molecular weight excluding hydrogens is 174 g/mol. The molecule has 14 heavy (non-hydrogen) atoms. The van der Waals surface area contributed by atoms with Gasteiger partial charge in [0.05, 0.1) is 0 Å². The van der Waals surface area contributed by atoms with Crippen LogP contribution in [-0.2, 0) is 0 Å². The molecule has 0 aromatic heterocycles. The summed E-state index contributed by atoms with van der Waals surface area (Å²) in [6.45, 7) is 8.18. The van der Waals surface area contributed by atoms with Crippen LogP contribution in [0.25, 0.3) is 0 Å². The van der Waals surface area contributed by atoms with Crippen LogP contribution in [0.1, 0.15) is 52.9 Å². The molecule has 2 nitrogen and oxygen atoms in total. The SMILES string of the molecule is CCNC1(CCO)CCC(C)(C)CC1. The molecule has 0 unspecified atom stereocenters. The van der Waals surface area contributed by atoms with Crippen molar-refractivity contribution in [3.05, 3.63) is 0 Å². The second kappa shape index (κ2) is 4.63. The average molecular weight is 199 g/mol. The lowest BCUT2D eigenvalue weighted by Crippen LogP contribution is -2.49. The van der Waals surface area contributed by atoms with E-state index in [0.29, 0.717) is 12.0 Å². The zero-order chi connectivity index (χ0) is 10.7. The van der Waals surface area contributed by atoms with Gasteiger partial charge in [-0.15, -0.1) is 0 Å². The predicted molar refractivity (Wildman–Crippen MR) is 60.4 cm³/mol. The normalized spacial score (nSPS) is 24.9. The summed E-state index contributed by atoms with van der Waals surface area (Å²) >= 11 is 0. The van der Waals surface area contributed by atoms with E-state index in [9.17, 15) is 0 Å². The third-order valence-electron chi connectivity index (χ3n) is 3.70. The highest BCUT2D eigenvalue weighted by molar-refractivity contribution is 4.94. The summed E-state index contributed by atoms with van der Waals surface area (Å²) < 4.78 is 0. The van der Waals surface area contributed by atoms with Crippen LogP contribution in [0.3, 0.4) is 0 Å². The Bertz CT molecular complexity index is 159. The molecule has 1 saturated carbocycles. The predicted octanol–water partition coefficient (Wildman–Crippen LogP) is 2.32. The Balaban J connectivity index is 2.54. The van der Waals surface area contributed by atoms with Gasteiger partial charge in [-0.2, -0.15) is 0 Å². The van der Waals surface area contributed by atoms with E-state index in [2.05, 4.69) is 26.1 Å². The number of aliphatic hydroxyl groups is 1. The molecule has 2 N–H and O–H groups in total. The van der Waals surface area contributed by atoms with Crippen molar-refractivity contribution in [2.75, 3.05) is 13.2 Å². The number of hydrogen-bond acceptors (Lipinski definition) is 2. The van der Waals surface area contributed by atoms with E-state index < -0.39 is 0 Å². The molecule has 0 radical (unpaired) electrons. The van der Waals surface area contributed by atoms with Gasteiger partial charge < -0.3 is 10.4 Å². The van der Waals surface area contributed by atoms with Crippen LogP contribution in [0.15, 0.2) is 0 Å². The van der Waals surface area contributed by atoms with Gasteiger partial charge >= 0.3 is 0 Å². The number of hydrogen-bond donors (Lipinski definition) is 2. The number of rotatable bonds is 4.